The van der Waals surface area contributed by atoms with Crippen molar-refractivity contribution in [3.05, 3.63) is 207 Å². The molecule has 2 unspecified atom stereocenters. The molecule has 0 aromatic rings. The van der Waals surface area contributed by atoms with Gasteiger partial charge in [0, 0.05) is 25.7 Å². The maximum absolute atomic E-state index is 13.1. The predicted octanol–water partition coefficient (Wildman–Crippen LogP) is 24.7. The van der Waals surface area contributed by atoms with Gasteiger partial charge < -0.3 is 33.8 Å². The third-order valence-corrected chi connectivity index (χ3v) is 18.1. The molecular weight excluding hydrogens is 1430 g/mol. The van der Waals surface area contributed by atoms with Gasteiger partial charge in [-0.1, -0.05) is 292 Å². The number of carbonyl (C=O) groups is 4. The Bertz CT molecular complexity index is 2900. The van der Waals surface area contributed by atoms with Crippen LogP contribution in [-0.4, -0.2) is 96.7 Å². The Morgan fingerprint density at radius 1 is 0.264 bits per heavy atom. The Morgan fingerprint density at radius 2 is 0.491 bits per heavy atom. The highest BCUT2D eigenvalue weighted by Gasteiger charge is 2.30. The normalized spacial score (nSPS) is 14.9. The highest BCUT2D eigenvalue weighted by Crippen LogP contribution is 2.45. The second-order valence-electron chi connectivity index (χ2n) is 26.6. The molecule has 17 nitrogen and oxygen atoms in total. The van der Waals surface area contributed by atoms with Crippen LogP contribution in [0.15, 0.2) is 207 Å². The van der Waals surface area contributed by atoms with Gasteiger partial charge in [-0.2, -0.15) is 0 Å². The molecule has 19 heteroatoms. The molecule has 0 aromatic carbocycles. The summed E-state index contributed by atoms with van der Waals surface area (Å²) >= 11 is 0. The summed E-state index contributed by atoms with van der Waals surface area (Å²) in [5.74, 6) is -2.44. The maximum Gasteiger partial charge on any atom is 0.472 e. The monoisotopic (exact) mass is 1570 g/mol. The van der Waals surface area contributed by atoms with E-state index in [9.17, 15) is 43.2 Å². The second-order valence-corrected chi connectivity index (χ2v) is 29.5. The van der Waals surface area contributed by atoms with E-state index in [1.165, 1.54) is 44.9 Å². The SMILES string of the molecule is CC/C=C\C/C=C\C/C=C\C/C=C\C/C=C\C/C=C\CCC(=O)O[C@H](COC(=O)CCCCCCC/C=C\CCCCCC)COP(=O)(O)OC[C@H](O)COP(=O)(O)OC[C@@H](COC(=O)CC/C=C\C/C=C\C/C=C\C/C=C\C/C=C\CCCCC)OC(=O)CCCCC/C=C\C/C=C\C/C=C\C/C=C\C/C=C\CC. The molecule has 0 saturated carbocycles. The van der Waals surface area contributed by atoms with Gasteiger partial charge in [-0.15, -0.1) is 0 Å². The van der Waals surface area contributed by atoms with Gasteiger partial charge in [0.1, 0.15) is 19.3 Å². The molecule has 3 N–H and O–H groups in total. The fourth-order valence-electron chi connectivity index (χ4n) is 10.0. The van der Waals surface area contributed by atoms with Gasteiger partial charge in [0.15, 0.2) is 12.2 Å². The fraction of sp³-hybridized carbons (Fsp3) is 0.582. The van der Waals surface area contributed by atoms with E-state index in [0.717, 1.165) is 148 Å². The van der Waals surface area contributed by atoms with Crippen molar-refractivity contribution in [3.63, 3.8) is 0 Å². The van der Waals surface area contributed by atoms with Crippen molar-refractivity contribution in [1.29, 1.82) is 0 Å². The lowest BCUT2D eigenvalue weighted by Gasteiger charge is -2.21. The van der Waals surface area contributed by atoms with E-state index in [4.69, 9.17) is 37.0 Å². The van der Waals surface area contributed by atoms with Crippen LogP contribution < -0.4 is 0 Å². The zero-order valence-electron chi connectivity index (χ0n) is 67.8. The molecule has 0 aliphatic heterocycles. The number of phosphoric acid groups is 2. The molecule has 0 aromatic heterocycles. The molecule has 0 amide bonds. The number of unbranched alkanes of at least 4 members (excludes halogenated alkanes) is 15. The molecule has 0 radical (unpaired) electrons. The van der Waals surface area contributed by atoms with Gasteiger partial charge in [0.2, 0.25) is 0 Å². The first kappa shape index (κ1) is 104. The summed E-state index contributed by atoms with van der Waals surface area (Å²) in [6.45, 7) is 4.36. The van der Waals surface area contributed by atoms with E-state index >= 15 is 0 Å². The molecule has 0 saturated heterocycles. The molecule has 0 aliphatic rings. The standard InChI is InChI=1S/C91H144O17P2/c1-5-9-13-17-21-25-29-33-36-39-42-45-48-52-56-60-64-68-72-76-89(94)102-82-87(108-91(96)78-74-70-66-62-58-54-50-47-44-41-38-35-31-27-23-19-15-11-7-3)84-106-110(99,100)104-80-85(92)79-103-109(97,98)105-83-86(81-101-88(93)75-71-67-63-59-55-51-32-28-24-20-16-12-8-4)107-90(95)77-73-69-65-61-57-53-49-46-43-40-37-34-30-26-22-18-14-10-6-2/h10-11,14-15,21-23,25-28,32-38,42-47,52-54,56-58,64-65,68-69,85-87,92H,5-9,12-13,16-20,24,29-31,39-41,48-51,55,59-63,66-67,70-84H2,1-4H3,(H,97,98)(H,99,100)/b14-10-,15-11-,25-21-,26-22-,27-23-,32-28-,36-33-,37-34-,38-35-,45-42-,46-43-,47-44-,56-52-,57-53-,58-54-,68-64-,69-65-/t85-,86+,87+/m0/s1. The van der Waals surface area contributed by atoms with Crippen LogP contribution >= 0.6 is 15.6 Å². The van der Waals surface area contributed by atoms with Crippen molar-refractivity contribution in [2.45, 2.75) is 303 Å². The first-order chi connectivity index (χ1) is 53.7. The summed E-state index contributed by atoms with van der Waals surface area (Å²) < 4.78 is 68.5. The Hall–Kier alpha value is -6.36. The second kappa shape index (κ2) is 80.7. The molecule has 0 fully saturated rings. The van der Waals surface area contributed by atoms with Gasteiger partial charge in [0.25, 0.3) is 0 Å². The van der Waals surface area contributed by atoms with E-state index in [0.29, 0.717) is 38.5 Å². The average molecular weight is 1570 g/mol. The number of aliphatic hydroxyl groups is 1. The average Bonchev–Trinajstić information content (AvgIpc) is 0.908. The van der Waals surface area contributed by atoms with E-state index in [-0.39, 0.29) is 25.7 Å². The number of ether oxygens (including phenoxy) is 4. The summed E-state index contributed by atoms with van der Waals surface area (Å²) in [4.78, 5) is 73.1. The summed E-state index contributed by atoms with van der Waals surface area (Å²) in [6.07, 6.45) is 101. The van der Waals surface area contributed by atoms with Crippen LogP contribution in [0.1, 0.15) is 285 Å². The van der Waals surface area contributed by atoms with Gasteiger partial charge in [-0.3, -0.25) is 37.3 Å². The van der Waals surface area contributed by atoms with Crippen molar-refractivity contribution in [1.82, 2.24) is 0 Å². The summed E-state index contributed by atoms with van der Waals surface area (Å²) in [7, 11) is -10.0. The van der Waals surface area contributed by atoms with Crippen molar-refractivity contribution >= 4 is 39.5 Å². The van der Waals surface area contributed by atoms with E-state index < -0.39 is 97.5 Å². The molecule has 0 heterocycles. The van der Waals surface area contributed by atoms with Crippen LogP contribution in [0.4, 0.5) is 0 Å². The van der Waals surface area contributed by atoms with Crippen LogP contribution in [-0.2, 0) is 65.4 Å². The number of esters is 4. The lowest BCUT2D eigenvalue weighted by atomic mass is 10.1. The zero-order valence-corrected chi connectivity index (χ0v) is 69.6. The predicted molar refractivity (Wildman–Crippen MR) is 454 cm³/mol. The van der Waals surface area contributed by atoms with Crippen molar-refractivity contribution in [2.75, 3.05) is 39.6 Å². The number of phosphoric ester groups is 2. The molecule has 0 aliphatic carbocycles. The quantitative estimate of drug-likeness (QED) is 0.0169. The summed E-state index contributed by atoms with van der Waals surface area (Å²) in [5.41, 5.74) is 0. The molecule has 5 atom stereocenters. The minimum absolute atomic E-state index is 0.0199. The minimum Gasteiger partial charge on any atom is -0.462 e. The van der Waals surface area contributed by atoms with Crippen molar-refractivity contribution < 1.29 is 80.2 Å². The first-order valence-electron chi connectivity index (χ1n) is 41.3. The zero-order chi connectivity index (χ0) is 80.3. The molecule has 0 bridgehead atoms. The van der Waals surface area contributed by atoms with Gasteiger partial charge in [0.05, 0.1) is 26.4 Å². The third kappa shape index (κ3) is 79.7. The molecule has 620 valence electrons. The lowest BCUT2D eigenvalue weighted by molar-refractivity contribution is -0.161. The lowest BCUT2D eigenvalue weighted by Crippen LogP contribution is -2.30. The van der Waals surface area contributed by atoms with Gasteiger partial charge >= 0.3 is 39.5 Å². The Balaban J connectivity index is 5.57. The number of hydrogen-bond acceptors (Lipinski definition) is 15. The van der Waals surface area contributed by atoms with E-state index in [1.54, 1.807) is 0 Å². The number of aliphatic hydroxyl groups excluding tert-OH is 1. The maximum atomic E-state index is 13.1. The highest BCUT2D eigenvalue weighted by molar-refractivity contribution is 7.47. The van der Waals surface area contributed by atoms with Crippen LogP contribution in [0.2, 0.25) is 0 Å². The summed E-state index contributed by atoms with van der Waals surface area (Å²) in [6, 6.07) is 0. The van der Waals surface area contributed by atoms with Crippen LogP contribution in [0.25, 0.3) is 0 Å². The van der Waals surface area contributed by atoms with Crippen LogP contribution in [0.3, 0.4) is 0 Å². The smallest absolute Gasteiger partial charge is 0.462 e. The Morgan fingerprint density at radius 3 is 0.836 bits per heavy atom. The molecule has 0 spiro atoms. The third-order valence-electron chi connectivity index (χ3n) is 16.2. The highest BCUT2D eigenvalue weighted by atomic mass is 31.2. The Kier molecular flexibility index (Phi) is 76.0. The first-order valence-corrected chi connectivity index (χ1v) is 44.3. The number of rotatable bonds is 75. The van der Waals surface area contributed by atoms with Gasteiger partial charge in [-0.25, -0.2) is 9.13 Å². The number of allylic oxidation sites excluding steroid dienone is 34. The number of carbonyl (C=O) groups excluding carboxylic acids is 4. The van der Waals surface area contributed by atoms with Crippen LogP contribution in [0.5, 0.6) is 0 Å². The fourth-order valence-corrected chi connectivity index (χ4v) is 11.6. The van der Waals surface area contributed by atoms with E-state index in [1.807, 2.05) is 36.5 Å². The van der Waals surface area contributed by atoms with Gasteiger partial charge in [-0.05, 0) is 173 Å². The largest absolute Gasteiger partial charge is 0.472 e. The minimum atomic E-state index is -5.02. The topological polar surface area (TPSA) is 237 Å². The Labute approximate surface area is 665 Å². The number of hydrogen-bond donors (Lipinski definition) is 3. The molecular formula is C91H144O17P2. The van der Waals surface area contributed by atoms with E-state index in [2.05, 4.69) is 198 Å². The van der Waals surface area contributed by atoms with Crippen LogP contribution in [0, 0.1) is 0 Å². The molecule has 110 heavy (non-hydrogen) atoms. The van der Waals surface area contributed by atoms with Crippen molar-refractivity contribution in [2.24, 2.45) is 0 Å². The summed E-state index contributed by atoms with van der Waals surface area (Å²) in [5, 5.41) is 10.7. The van der Waals surface area contributed by atoms with Crippen molar-refractivity contribution in [3.8, 4) is 0 Å². The molecule has 0 rings (SSSR count).